The zero-order valence-electron chi connectivity index (χ0n) is 17.5. The Morgan fingerprint density at radius 1 is 0.781 bits per heavy atom. The minimum atomic E-state index is -3.70. The molecule has 0 saturated carbocycles. The second kappa shape index (κ2) is 10.1. The van der Waals surface area contributed by atoms with Crippen LogP contribution in [0.2, 0.25) is 0 Å². The number of carbonyl (C=O) groups is 1. The molecule has 0 heterocycles. The maximum atomic E-state index is 12.8. The lowest BCUT2D eigenvalue weighted by molar-refractivity contribution is -0.115. The summed E-state index contributed by atoms with van der Waals surface area (Å²) in [6, 6.07) is 23.0. The van der Waals surface area contributed by atoms with Gasteiger partial charge < -0.3 is 5.32 Å². The summed E-state index contributed by atoms with van der Waals surface area (Å²) in [5, 5.41) is 2.60. The molecule has 0 radical (unpaired) electrons. The number of hydrogen-bond acceptors (Lipinski definition) is 5. The normalized spacial score (nSPS) is 11.9. The van der Waals surface area contributed by atoms with E-state index in [4.69, 9.17) is 0 Å². The van der Waals surface area contributed by atoms with Gasteiger partial charge in [-0.3, -0.25) is 4.79 Å². The fourth-order valence-corrected chi connectivity index (χ4v) is 5.43. The van der Waals surface area contributed by atoms with E-state index in [0.717, 1.165) is 5.56 Å². The van der Waals surface area contributed by atoms with Crippen LogP contribution in [0.1, 0.15) is 12.0 Å². The standard InChI is InChI=1S/C23H24N2O5S2/c1-25(18-19-8-4-2-5-9-19)32(29,30)22-14-12-20(13-15-22)24-23(26)16-17-31(27,28)21-10-6-3-7-11-21/h2-15H,16-18H2,1H3,(H,24,26). The lowest BCUT2D eigenvalue weighted by Gasteiger charge is -2.17. The molecule has 0 aliphatic carbocycles. The van der Waals surface area contributed by atoms with E-state index in [9.17, 15) is 21.6 Å². The summed E-state index contributed by atoms with van der Waals surface area (Å²) >= 11 is 0. The van der Waals surface area contributed by atoms with Crippen molar-refractivity contribution in [1.82, 2.24) is 4.31 Å². The summed E-state index contributed by atoms with van der Waals surface area (Å²) in [6.45, 7) is 0.234. The number of benzene rings is 3. The van der Waals surface area contributed by atoms with Crippen molar-refractivity contribution in [3.63, 3.8) is 0 Å². The largest absolute Gasteiger partial charge is 0.326 e. The lowest BCUT2D eigenvalue weighted by atomic mass is 10.2. The van der Waals surface area contributed by atoms with E-state index in [2.05, 4.69) is 5.32 Å². The highest BCUT2D eigenvalue weighted by molar-refractivity contribution is 7.91. The first-order chi connectivity index (χ1) is 15.2. The van der Waals surface area contributed by atoms with Crippen LogP contribution in [0.3, 0.4) is 0 Å². The van der Waals surface area contributed by atoms with Crippen molar-refractivity contribution in [2.75, 3.05) is 18.1 Å². The van der Waals surface area contributed by atoms with Crippen molar-refractivity contribution < 1.29 is 21.6 Å². The van der Waals surface area contributed by atoms with Crippen molar-refractivity contribution in [2.45, 2.75) is 22.8 Å². The summed E-state index contributed by atoms with van der Waals surface area (Å²) in [4.78, 5) is 12.4. The van der Waals surface area contributed by atoms with Gasteiger partial charge in [0.1, 0.15) is 0 Å². The fourth-order valence-electron chi connectivity index (χ4n) is 3.01. The maximum Gasteiger partial charge on any atom is 0.243 e. The number of anilines is 1. The average Bonchev–Trinajstić information content (AvgIpc) is 2.79. The molecule has 7 nitrogen and oxygen atoms in total. The third kappa shape index (κ3) is 6.03. The van der Waals surface area contributed by atoms with Crippen LogP contribution in [0.15, 0.2) is 94.7 Å². The Bertz CT molecular complexity index is 1260. The van der Waals surface area contributed by atoms with Gasteiger partial charge in [-0.15, -0.1) is 0 Å². The molecule has 0 aromatic heterocycles. The predicted octanol–water partition coefficient (Wildman–Crippen LogP) is 3.31. The summed E-state index contributed by atoms with van der Waals surface area (Å²) < 4.78 is 51.4. The first kappa shape index (κ1) is 23.6. The Hall–Kier alpha value is -3.01. The minimum absolute atomic E-state index is 0.0978. The van der Waals surface area contributed by atoms with Crippen molar-refractivity contribution in [1.29, 1.82) is 0 Å². The Labute approximate surface area is 188 Å². The zero-order chi connectivity index (χ0) is 23.2. The fraction of sp³-hybridized carbons (Fsp3) is 0.174. The number of hydrogen-bond donors (Lipinski definition) is 1. The quantitative estimate of drug-likeness (QED) is 0.515. The molecule has 0 fully saturated rings. The van der Waals surface area contributed by atoms with Gasteiger partial charge in [0, 0.05) is 25.7 Å². The van der Waals surface area contributed by atoms with Gasteiger partial charge >= 0.3 is 0 Å². The number of carbonyl (C=O) groups excluding carboxylic acids is 1. The van der Waals surface area contributed by atoms with Gasteiger partial charge in [0.15, 0.2) is 9.84 Å². The SMILES string of the molecule is CN(Cc1ccccc1)S(=O)(=O)c1ccc(NC(=O)CCS(=O)(=O)c2ccccc2)cc1. The third-order valence-corrected chi connectivity index (χ3v) is 8.34. The molecule has 0 unspecified atom stereocenters. The van der Waals surface area contributed by atoms with Gasteiger partial charge in [-0.2, -0.15) is 4.31 Å². The van der Waals surface area contributed by atoms with Crippen LogP contribution in [-0.4, -0.2) is 39.8 Å². The van der Waals surface area contributed by atoms with Gasteiger partial charge in [0.05, 0.1) is 15.5 Å². The minimum Gasteiger partial charge on any atom is -0.326 e. The van der Waals surface area contributed by atoms with Gasteiger partial charge in [-0.05, 0) is 42.0 Å². The van der Waals surface area contributed by atoms with Crippen LogP contribution in [0.4, 0.5) is 5.69 Å². The van der Waals surface area contributed by atoms with Gasteiger partial charge in [-0.1, -0.05) is 48.5 Å². The number of sulfonamides is 1. The zero-order valence-corrected chi connectivity index (χ0v) is 19.1. The molecule has 9 heteroatoms. The topological polar surface area (TPSA) is 101 Å². The van der Waals surface area contributed by atoms with Crippen LogP contribution in [0.25, 0.3) is 0 Å². The van der Waals surface area contributed by atoms with E-state index >= 15 is 0 Å². The number of amides is 1. The summed E-state index contributed by atoms with van der Waals surface area (Å²) in [5.41, 5.74) is 1.25. The van der Waals surface area contributed by atoms with E-state index in [1.165, 1.54) is 47.8 Å². The molecule has 3 aromatic carbocycles. The molecule has 32 heavy (non-hydrogen) atoms. The first-order valence-corrected chi connectivity index (χ1v) is 13.0. The highest BCUT2D eigenvalue weighted by Gasteiger charge is 2.21. The molecule has 0 spiro atoms. The molecular weight excluding hydrogens is 448 g/mol. The Balaban J connectivity index is 1.59. The number of nitrogens with one attached hydrogen (secondary N) is 1. The number of nitrogens with zero attached hydrogens (tertiary/aromatic N) is 1. The third-order valence-electron chi connectivity index (χ3n) is 4.79. The number of sulfone groups is 1. The van der Waals surface area contributed by atoms with Gasteiger partial charge in [0.25, 0.3) is 0 Å². The van der Waals surface area contributed by atoms with Crippen LogP contribution < -0.4 is 5.32 Å². The van der Waals surface area contributed by atoms with Crippen molar-refractivity contribution in [3.8, 4) is 0 Å². The maximum absolute atomic E-state index is 12.8. The monoisotopic (exact) mass is 472 g/mol. The Morgan fingerprint density at radius 3 is 1.94 bits per heavy atom. The van der Waals surface area contributed by atoms with Gasteiger partial charge in [-0.25, -0.2) is 16.8 Å². The molecule has 0 aliphatic heterocycles. The molecule has 0 atom stereocenters. The Morgan fingerprint density at radius 2 is 1.34 bits per heavy atom. The van der Waals surface area contributed by atoms with E-state index in [1.807, 2.05) is 30.3 Å². The number of rotatable bonds is 9. The van der Waals surface area contributed by atoms with Crippen molar-refractivity contribution >= 4 is 31.5 Å². The molecular formula is C23H24N2O5S2. The summed E-state index contributed by atoms with van der Waals surface area (Å²) in [5.74, 6) is -0.791. The molecule has 1 N–H and O–H groups in total. The van der Waals surface area contributed by atoms with E-state index in [-0.39, 0.29) is 28.5 Å². The predicted molar refractivity (Wildman–Crippen MR) is 123 cm³/mol. The van der Waals surface area contributed by atoms with E-state index < -0.39 is 25.8 Å². The summed E-state index contributed by atoms with van der Waals surface area (Å²) in [7, 11) is -5.75. The summed E-state index contributed by atoms with van der Waals surface area (Å²) in [6.07, 6.45) is -0.211. The van der Waals surface area contributed by atoms with Crippen molar-refractivity contribution in [2.24, 2.45) is 0 Å². The molecule has 1 amide bonds. The molecule has 0 aliphatic rings. The van der Waals surface area contributed by atoms with Crippen LogP contribution in [0, 0.1) is 0 Å². The van der Waals surface area contributed by atoms with Gasteiger partial charge in [0.2, 0.25) is 15.9 Å². The lowest BCUT2D eigenvalue weighted by Crippen LogP contribution is -2.26. The second-order valence-corrected chi connectivity index (χ2v) is 11.4. The molecule has 3 rings (SSSR count). The van der Waals surface area contributed by atoms with Crippen LogP contribution >= 0.6 is 0 Å². The molecule has 0 bridgehead atoms. The van der Waals surface area contributed by atoms with Crippen LogP contribution in [-0.2, 0) is 31.2 Å². The smallest absolute Gasteiger partial charge is 0.243 e. The van der Waals surface area contributed by atoms with Crippen LogP contribution in [0.5, 0.6) is 0 Å². The Kier molecular flexibility index (Phi) is 7.44. The highest BCUT2D eigenvalue weighted by atomic mass is 32.2. The highest BCUT2D eigenvalue weighted by Crippen LogP contribution is 2.19. The van der Waals surface area contributed by atoms with E-state index in [1.54, 1.807) is 18.2 Å². The second-order valence-electron chi connectivity index (χ2n) is 7.20. The van der Waals surface area contributed by atoms with E-state index in [0.29, 0.717) is 5.69 Å². The average molecular weight is 473 g/mol. The van der Waals surface area contributed by atoms with Crippen molar-refractivity contribution in [3.05, 3.63) is 90.5 Å². The first-order valence-electron chi connectivity index (χ1n) is 9.86. The molecule has 0 saturated heterocycles. The molecule has 3 aromatic rings. The molecule has 168 valence electrons.